The molecule has 1 aromatic carbocycles. The van der Waals surface area contributed by atoms with Crippen molar-refractivity contribution in [1.82, 2.24) is 14.5 Å². The average Bonchev–Trinajstić information content (AvgIpc) is 2.65. The molecule has 1 heterocycles. The second kappa shape index (κ2) is 9.50. The minimum Gasteiger partial charge on any atom is -0.469 e. The summed E-state index contributed by atoms with van der Waals surface area (Å²) >= 11 is 11.4. The van der Waals surface area contributed by atoms with Crippen LogP contribution in [0.25, 0.3) is 0 Å². The number of piperazine rings is 1. The van der Waals surface area contributed by atoms with Gasteiger partial charge in [0.2, 0.25) is 10.0 Å². The lowest BCUT2D eigenvalue weighted by atomic mass is 10.3. The lowest BCUT2D eigenvalue weighted by Crippen LogP contribution is -2.53. The van der Waals surface area contributed by atoms with Crippen molar-refractivity contribution in [3.05, 3.63) is 29.3 Å². The topological polar surface area (TPSA) is 79.0 Å². The van der Waals surface area contributed by atoms with Crippen molar-refractivity contribution in [3.8, 4) is 0 Å². The number of nitrogens with zero attached hydrogens (tertiary/aromatic N) is 2. The molecule has 1 N–H and O–H groups in total. The smallest absolute Gasteiger partial charge is 0.305 e. The lowest BCUT2D eigenvalue weighted by molar-refractivity contribution is -0.140. The zero-order chi connectivity index (χ0) is 19.2. The molecule has 1 aromatic rings. The van der Waals surface area contributed by atoms with Gasteiger partial charge in [0.05, 0.1) is 12.1 Å². The standard InChI is InChI=1S/C16H22ClN3O4S2/c1-24-15(21)7-4-8-18-16(25)19-9-11-20(12-10-19)26(22,23)14-6-3-2-5-13(14)17/h2-3,5-6H,4,7-12H2,1H3,(H,18,25). The third kappa shape index (κ3) is 5.29. The normalized spacial score (nSPS) is 15.5. The monoisotopic (exact) mass is 419 g/mol. The highest BCUT2D eigenvalue weighted by Crippen LogP contribution is 2.24. The van der Waals surface area contributed by atoms with Crippen LogP contribution in [-0.2, 0) is 19.6 Å². The van der Waals surface area contributed by atoms with E-state index in [1.807, 2.05) is 4.90 Å². The molecule has 1 aliphatic heterocycles. The third-order valence-corrected chi connectivity index (χ3v) is 6.84. The molecule has 0 atom stereocenters. The number of halogens is 1. The van der Waals surface area contributed by atoms with Gasteiger partial charge in [0.1, 0.15) is 4.90 Å². The highest BCUT2D eigenvalue weighted by molar-refractivity contribution is 7.89. The molecule has 1 fully saturated rings. The minimum absolute atomic E-state index is 0.124. The molecule has 1 saturated heterocycles. The second-order valence-electron chi connectivity index (χ2n) is 5.73. The molecule has 2 rings (SSSR count). The van der Waals surface area contributed by atoms with Crippen LogP contribution in [0.15, 0.2) is 29.2 Å². The molecule has 0 spiro atoms. The Kier molecular flexibility index (Phi) is 7.63. The Labute approximate surface area is 164 Å². The summed E-state index contributed by atoms with van der Waals surface area (Å²) < 4.78 is 31.4. The van der Waals surface area contributed by atoms with Gasteiger partial charge in [-0.15, -0.1) is 0 Å². The number of carbonyl (C=O) groups excluding carboxylic acids is 1. The maximum Gasteiger partial charge on any atom is 0.305 e. The van der Waals surface area contributed by atoms with Crippen molar-refractivity contribution in [2.75, 3.05) is 39.8 Å². The van der Waals surface area contributed by atoms with Gasteiger partial charge in [0.15, 0.2) is 5.11 Å². The Morgan fingerprint density at radius 1 is 1.27 bits per heavy atom. The summed E-state index contributed by atoms with van der Waals surface area (Å²) in [7, 11) is -2.26. The van der Waals surface area contributed by atoms with Crippen LogP contribution >= 0.6 is 23.8 Å². The molecular formula is C16H22ClN3O4S2. The fraction of sp³-hybridized carbons (Fsp3) is 0.500. The number of thiocarbonyl (C=S) groups is 1. The van der Waals surface area contributed by atoms with Crippen LogP contribution in [0.4, 0.5) is 0 Å². The summed E-state index contributed by atoms with van der Waals surface area (Å²) in [5.74, 6) is -0.254. The number of carbonyl (C=O) groups is 1. The van der Waals surface area contributed by atoms with E-state index in [9.17, 15) is 13.2 Å². The molecule has 0 saturated carbocycles. The van der Waals surface area contributed by atoms with Crippen molar-refractivity contribution in [3.63, 3.8) is 0 Å². The zero-order valence-electron chi connectivity index (χ0n) is 14.5. The highest BCUT2D eigenvalue weighted by Gasteiger charge is 2.30. The van der Waals surface area contributed by atoms with E-state index in [0.717, 1.165) is 0 Å². The van der Waals surface area contributed by atoms with Crippen LogP contribution in [0.2, 0.25) is 5.02 Å². The Morgan fingerprint density at radius 3 is 2.54 bits per heavy atom. The van der Waals surface area contributed by atoms with Gasteiger partial charge in [-0.3, -0.25) is 4.79 Å². The van der Waals surface area contributed by atoms with Crippen molar-refractivity contribution in [2.24, 2.45) is 0 Å². The fourth-order valence-electron chi connectivity index (χ4n) is 2.57. The summed E-state index contributed by atoms with van der Waals surface area (Å²) in [5.41, 5.74) is 0. The van der Waals surface area contributed by atoms with Crippen molar-refractivity contribution >= 4 is 44.9 Å². The van der Waals surface area contributed by atoms with E-state index < -0.39 is 10.0 Å². The molecular weight excluding hydrogens is 398 g/mol. The first-order chi connectivity index (χ1) is 12.4. The number of benzene rings is 1. The zero-order valence-corrected chi connectivity index (χ0v) is 16.9. The summed E-state index contributed by atoms with van der Waals surface area (Å²) in [6.45, 7) is 2.21. The maximum atomic E-state index is 12.7. The largest absolute Gasteiger partial charge is 0.469 e. The second-order valence-corrected chi connectivity index (χ2v) is 8.43. The first-order valence-corrected chi connectivity index (χ1v) is 10.4. The Bertz CT molecular complexity index is 750. The van der Waals surface area contributed by atoms with Crippen LogP contribution in [0.3, 0.4) is 0 Å². The van der Waals surface area contributed by atoms with Gasteiger partial charge in [-0.05, 0) is 30.8 Å². The van der Waals surface area contributed by atoms with Crippen molar-refractivity contribution in [1.29, 1.82) is 0 Å². The lowest BCUT2D eigenvalue weighted by Gasteiger charge is -2.35. The molecule has 0 aromatic heterocycles. The van der Waals surface area contributed by atoms with E-state index >= 15 is 0 Å². The molecule has 0 bridgehead atoms. The summed E-state index contributed by atoms with van der Waals surface area (Å²) in [6, 6.07) is 6.43. The van der Waals surface area contributed by atoms with Crippen LogP contribution in [0.5, 0.6) is 0 Å². The quantitative estimate of drug-likeness (QED) is 0.425. The van der Waals surface area contributed by atoms with E-state index in [4.69, 9.17) is 23.8 Å². The number of rotatable bonds is 6. The van der Waals surface area contributed by atoms with Gasteiger partial charge in [0, 0.05) is 39.1 Å². The molecule has 26 heavy (non-hydrogen) atoms. The highest BCUT2D eigenvalue weighted by atomic mass is 35.5. The number of nitrogens with one attached hydrogen (secondary N) is 1. The van der Waals surface area contributed by atoms with Crippen LogP contribution in [0, 0.1) is 0 Å². The fourth-order valence-corrected chi connectivity index (χ4v) is 4.77. The summed E-state index contributed by atoms with van der Waals surface area (Å²) in [6.07, 6.45) is 0.948. The number of esters is 1. The molecule has 7 nitrogen and oxygen atoms in total. The molecule has 144 valence electrons. The van der Waals surface area contributed by atoms with Crippen molar-refractivity contribution in [2.45, 2.75) is 17.7 Å². The van der Waals surface area contributed by atoms with Gasteiger partial charge < -0.3 is 15.0 Å². The van der Waals surface area contributed by atoms with Crippen LogP contribution in [0.1, 0.15) is 12.8 Å². The number of sulfonamides is 1. The van der Waals surface area contributed by atoms with Gasteiger partial charge >= 0.3 is 5.97 Å². The maximum absolute atomic E-state index is 12.7. The average molecular weight is 420 g/mol. The number of hydrogen-bond donors (Lipinski definition) is 1. The van der Waals surface area contributed by atoms with Gasteiger partial charge in [0.25, 0.3) is 0 Å². The van der Waals surface area contributed by atoms with E-state index in [2.05, 4.69) is 10.1 Å². The third-order valence-electron chi connectivity index (χ3n) is 4.04. The molecule has 0 amide bonds. The van der Waals surface area contributed by atoms with Crippen LogP contribution in [-0.4, -0.2) is 68.5 Å². The number of methoxy groups -OCH3 is 1. The molecule has 1 aliphatic rings. The SMILES string of the molecule is COC(=O)CCCNC(=S)N1CCN(S(=O)(=O)c2ccccc2Cl)CC1. The Morgan fingerprint density at radius 2 is 1.92 bits per heavy atom. The van der Waals surface area contributed by atoms with Crippen LogP contribution < -0.4 is 5.32 Å². The molecule has 0 radical (unpaired) electrons. The predicted octanol–water partition coefficient (Wildman–Crippen LogP) is 1.47. The van der Waals surface area contributed by atoms with Crippen molar-refractivity contribution < 1.29 is 17.9 Å². The summed E-state index contributed by atoms with van der Waals surface area (Å²) in [4.78, 5) is 13.1. The Balaban J connectivity index is 1.84. The van der Waals surface area contributed by atoms with Gasteiger partial charge in [-0.2, -0.15) is 4.31 Å². The van der Waals surface area contributed by atoms with E-state index in [-0.39, 0.29) is 15.9 Å². The van der Waals surface area contributed by atoms with E-state index in [1.54, 1.807) is 18.2 Å². The van der Waals surface area contributed by atoms with Gasteiger partial charge in [-0.25, -0.2) is 8.42 Å². The Hall–Kier alpha value is -1.42. The first kappa shape index (κ1) is 20.9. The molecule has 0 aliphatic carbocycles. The van der Waals surface area contributed by atoms with Gasteiger partial charge in [-0.1, -0.05) is 23.7 Å². The number of hydrogen-bond acceptors (Lipinski definition) is 5. The first-order valence-electron chi connectivity index (χ1n) is 8.20. The van der Waals surface area contributed by atoms with E-state index in [1.165, 1.54) is 17.5 Å². The summed E-state index contributed by atoms with van der Waals surface area (Å²) in [5, 5.41) is 3.87. The molecule has 0 unspecified atom stereocenters. The predicted molar refractivity (Wildman–Crippen MR) is 104 cm³/mol. The van der Waals surface area contributed by atoms with E-state index in [0.29, 0.717) is 50.7 Å². The number of ether oxygens (including phenoxy) is 1. The minimum atomic E-state index is -3.62. The molecule has 10 heteroatoms.